The van der Waals surface area contributed by atoms with E-state index in [4.69, 9.17) is 23.2 Å². The summed E-state index contributed by atoms with van der Waals surface area (Å²) in [6.45, 7) is -0.521. The van der Waals surface area contributed by atoms with Gasteiger partial charge in [-0.3, -0.25) is 0 Å². The second-order valence-electron chi connectivity index (χ2n) is 2.11. The first-order valence-corrected chi connectivity index (χ1v) is 4.05. The molecule has 0 saturated carbocycles. The van der Waals surface area contributed by atoms with E-state index in [-0.39, 0.29) is 16.1 Å². The van der Waals surface area contributed by atoms with Crippen molar-refractivity contribution in [2.24, 2.45) is 0 Å². The first-order chi connectivity index (χ1) is 6.09. The summed E-state index contributed by atoms with van der Waals surface area (Å²) < 4.78 is 23.5. The SMILES string of the molecule is FC(F)CNc1nc(Cl)ncc1Cl. The Kier molecular flexibility index (Phi) is 3.62. The van der Waals surface area contributed by atoms with E-state index in [0.29, 0.717) is 0 Å². The lowest BCUT2D eigenvalue weighted by Gasteiger charge is -2.05. The van der Waals surface area contributed by atoms with Gasteiger partial charge >= 0.3 is 0 Å². The molecule has 72 valence electrons. The van der Waals surface area contributed by atoms with Crippen molar-refractivity contribution >= 4 is 29.0 Å². The molecule has 0 radical (unpaired) electrons. The molecule has 1 rings (SSSR count). The van der Waals surface area contributed by atoms with Crippen LogP contribution in [0.4, 0.5) is 14.6 Å². The van der Waals surface area contributed by atoms with Crippen LogP contribution in [-0.2, 0) is 0 Å². The number of hydrogen-bond acceptors (Lipinski definition) is 3. The van der Waals surface area contributed by atoms with Gasteiger partial charge in [0.15, 0.2) is 0 Å². The smallest absolute Gasteiger partial charge is 0.255 e. The number of halogens is 4. The van der Waals surface area contributed by atoms with Crippen molar-refractivity contribution in [3.8, 4) is 0 Å². The predicted molar refractivity (Wildman–Crippen MR) is 46.5 cm³/mol. The standard InChI is InChI=1S/C6H5Cl2F2N3/c7-3-1-12-6(8)13-5(3)11-2-4(9)10/h1,4H,2H2,(H,11,12,13). The van der Waals surface area contributed by atoms with E-state index in [2.05, 4.69) is 15.3 Å². The van der Waals surface area contributed by atoms with Gasteiger partial charge in [-0.25, -0.2) is 13.8 Å². The van der Waals surface area contributed by atoms with Gasteiger partial charge in [-0.1, -0.05) is 11.6 Å². The zero-order valence-electron chi connectivity index (χ0n) is 6.27. The van der Waals surface area contributed by atoms with Gasteiger partial charge in [0, 0.05) is 0 Å². The number of alkyl halides is 2. The number of nitrogens with one attached hydrogen (secondary N) is 1. The quantitative estimate of drug-likeness (QED) is 0.807. The maximum atomic E-state index is 11.8. The predicted octanol–water partition coefficient (Wildman–Crippen LogP) is 2.46. The third kappa shape index (κ3) is 3.28. The maximum absolute atomic E-state index is 11.8. The summed E-state index contributed by atoms with van der Waals surface area (Å²) in [5.41, 5.74) is 0. The maximum Gasteiger partial charge on any atom is 0.255 e. The molecular weight excluding hydrogens is 223 g/mol. The topological polar surface area (TPSA) is 37.8 Å². The molecule has 0 amide bonds. The fourth-order valence-electron chi connectivity index (χ4n) is 0.643. The summed E-state index contributed by atoms with van der Waals surface area (Å²) in [4.78, 5) is 7.18. The van der Waals surface area contributed by atoms with E-state index in [0.717, 1.165) is 0 Å². The molecule has 0 aliphatic heterocycles. The highest BCUT2D eigenvalue weighted by Gasteiger charge is 2.06. The van der Waals surface area contributed by atoms with Gasteiger partial charge in [0.2, 0.25) is 5.28 Å². The van der Waals surface area contributed by atoms with Crippen LogP contribution >= 0.6 is 23.2 Å². The Morgan fingerprint density at radius 2 is 2.15 bits per heavy atom. The molecule has 3 nitrogen and oxygen atoms in total. The van der Waals surface area contributed by atoms with Gasteiger partial charge in [-0.05, 0) is 11.6 Å². The summed E-state index contributed by atoms with van der Waals surface area (Å²) in [7, 11) is 0. The van der Waals surface area contributed by atoms with E-state index in [9.17, 15) is 8.78 Å². The third-order valence-corrected chi connectivity index (χ3v) is 1.60. The first-order valence-electron chi connectivity index (χ1n) is 3.29. The molecule has 1 aromatic heterocycles. The number of nitrogens with zero attached hydrogens (tertiary/aromatic N) is 2. The Hall–Kier alpha value is -0.680. The van der Waals surface area contributed by atoms with E-state index >= 15 is 0 Å². The number of hydrogen-bond donors (Lipinski definition) is 1. The molecule has 0 saturated heterocycles. The lowest BCUT2D eigenvalue weighted by atomic mass is 10.5. The molecule has 0 fully saturated rings. The zero-order chi connectivity index (χ0) is 9.84. The molecule has 1 aromatic rings. The lowest BCUT2D eigenvalue weighted by Crippen LogP contribution is -2.11. The van der Waals surface area contributed by atoms with Crippen LogP contribution in [0, 0.1) is 0 Å². The van der Waals surface area contributed by atoms with E-state index in [1.54, 1.807) is 0 Å². The van der Waals surface area contributed by atoms with Crippen LogP contribution in [-0.4, -0.2) is 22.9 Å². The normalized spacial score (nSPS) is 10.5. The van der Waals surface area contributed by atoms with Crippen molar-refractivity contribution in [3.05, 3.63) is 16.5 Å². The fourth-order valence-corrected chi connectivity index (χ4v) is 0.935. The highest BCUT2D eigenvalue weighted by atomic mass is 35.5. The van der Waals surface area contributed by atoms with Crippen molar-refractivity contribution in [1.82, 2.24) is 9.97 Å². The molecule has 1 N–H and O–H groups in total. The summed E-state index contributed by atoms with van der Waals surface area (Å²) in [6.07, 6.45) is -1.23. The monoisotopic (exact) mass is 227 g/mol. The van der Waals surface area contributed by atoms with E-state index < -0.39 is 13.0 Å². The van der Waals surface area contributed by atoms with Crippen molar-refractivity contribution in [2.45, 2.75) is 6.43 Å². The minimum atomic E-state index is -2.47. The zero-order valence-corrected chi connectivity index (χ0v) is 7.78. The third-order valence-electron chi connectivity index (χ3n) is 1.14. The molecule has 0 spiro atoms. The molecule has 1 heterocycles. The largest absolute Gasteiger partial charge is 0.363 e. The summed E-state index contributed by atoms with van der Waals surface area (Å²) in [5.74, 6) is 0.113. The number of anilines is 1. The lowest BCUT2D eigenvalue weighted by molar-refractivity contribution is 0.163. The second kappa shape index (κ2) is 4.53. The molecule has 13 heavy (non-hydrogen) atoms. The minimum absolute atomic E-state index is 0.0406. The van der Waals surface area contributed by atoms with Gasteiger partial charge in [-0.2, -0.15) is 4.98 Å². The summed E-state index contributed by atoms with van der Waals surface area (Å²) in [6, 6.07) is 0. The van der Waals surface area contributed by atoms with Crippen LogP contribution in [0.15, 0.2) is 6.20 Å². The van der Waals surface area contributed by atoms with Crippen LogP contribution < -0.4 is 5.32 Å². The van der Waals surface area contributed by atoms with Crippen molar-refractivity contribution < 1.29 is 8.78 Å². The van der Waals surface area contributed by atoms with Gasteiger partial charge in [0.1, 0.15) is 10.8 Å². The van der Waals surface area contributed by atoms with Crippen molar-refractivity contribution in [3.63, 3.8) is 0 Å². The first kappa shape index (κ1) is 10.4. The number of rotatable bonds is 3. The van der Waals surface area contributed by atoms with E-state index in [1.165, 1.54) is 6.20 Å². The molecule has 0 aliphatic carbocycles. The van der Waals surface area contributed by atoms with Crippen LogP contribution in [0.5, 0.6) is 0 Å². The van der Waals surface area contributed by atoms with Crippen LogP contribution in [0.1, 0.15) is 0 Å². The molecule has 0 atom stereocenters. The average Bonchev–Trinajstić information content (AvgIpc) is 2.06. The Morgan fingerprint density at radius 3 is 2.77 bits per heavy atom. The van der Waals surface area contributed by atoms with Crippen molar-refractivity contribution in [1.29, 1.82) is 0 Å². The van der Waals surface area contributed by atoms with Crippen LogP contribution in [0.25, 0.3) is 0 Å². The molecule has 0 aliphatic rings. The van der Waals surface area contributed by atoms with Gasteiger partial charge < -0.3 is 5.32 Å². The van der Waals surface area contributed by atoms with Crippen molar-refractivity contribution in [2.75, 3.05) is 11.9 Å². The Labute approximate surface area is 83.1 Å². The van der Waals surface area contributed by atoms with Crippen LogP contribution in [0.3, 0.4) is 0 Å². The highest BCUT2D eigenvalue weighted by molar-refractivity contribution is 6.33. The van der Waals surface area contributed by atoms with Gasteiger partial charge in [0.25, 0.3) is 6.43 Å². The number of aromatic nitrogens is 2. The van der Waals surface area contributed by atoms with Gasteiger partial charge in [-0.15, -0.1) is 0 Å². The fraction of sp³-hybridized carbons (Fsp3) is 0.333. The Bertz CT molecular complexity index is 295. The average molecular weight is 228 g/mol. The van der Waals surface area contributed by atoms with Crippen LogP contribution in [0.2, 0.25) is 10.3 Å². The van der Waals surface area contributed by atoms with Gasteiger partial charge in [0.05, 0.1) is 12.7 Å². The molecule has 7 heteroatoms. The molecule has 0 aromatic carbocycles. The Balaban J connectivity index is 2.70. The highest BCUT2D eigenvalue weighted by Crippen LogP contribution is 2.19. The molecule has 0 bridgehead atoms. The summed E-state index contributed by atoms with van der Waals surface area (Å²) in [5, 5.41) is 2.45. The second-order valence-corrected chi connectivity index (χ2v) is 2.85. The van der Waals surface area contributed by atoms with E-state index in [1.807, 2.05) is 0 Å². The molecular formula is C6H5Cl2F2N3. The molecule has 0 unspecified atom stereocenters. The Morgan fingerprint density at radius 1 is 1.46 bits per heavy atom. The summed E-state index contributed by atoms with van der Waals surface area (Å²) >= 11 is 11.0. The minimum Gasteiger partial charge on any atom is -0.363 e.